The van der Waals surface area contributed by atoms with Crippen molar-refractivity contribution < 1.29 is 14.6 Å². The third-order valence-corrected chi connectivity index (χ3v) is 5.25. The van der Waals surface area contributed by atoms with E-state index in [2.05, 4.69) is 13.8 Å². The molecule has 2 rings (SSSR count). The van der Waals surface area contributed by atoms with Gasteiger partial charge in [-0.15, -0.1) is 0 Å². The van der Waals surface area contributed by atoms with Crippen molar-refractivity contribution in [3.63, 3.8) is 0 Å². The largest absolute Gasteiger partial charge is 0.508 e. The van der Waals surface area contributed by atoms with E-state index in [0.717, 1.165) is 37.4 Å². The van der Waals surface area contributed by atoms with Gasteiger partial charge in [0.2, 0.25) is 0 Å². The lowest BCUT2D eigenvalue weighted by molar-refractivity contribution is -0.125. The van der Waals surface area contributed by atoms with Gasteiger partial charge in [0.05, 0.1) is 5.41 Å². The summed E-state index contributed by atoms with van der Waals surface area (Å²) in [7, 11) is 1.79. The Morgan fingerprint density at radius 3 is 2.12 bits per heavy atom. The summed E-state index contributed by atoms with van der Waals surface area (Å²) >= 11 is 0. The highest BCUT2D eigenvalue weighted by Gasteiger charge is 2.42. The van der Waals surface area contributed by atoms with Crippen LogP contribution in [0.15, 0.2) is 24.3 Å². The van der Waals surface area contributed by atoms with E-state index in [-0.39, 0.29) is 16.9 Å². The first-order valence-electron chi connectivity index (χ1n) is 10.3. The first kappa shape index (κ1) is 24.7. The summed E-state index contributed by atoms with van der Waals surface area (Å²) in [5, 5.41) is 9.17. The topological polar surface area (TPSA) is 46.5 Å². The van der Waals surface area contributed by atoms with E-state index in [1.807, 2.05) is 26.0 Å². The zero-order valence-electron chi connectivity index (χ0n) is 17.8. The van der Waals surface area contributed by atoms with E-state index in [9.17, 15) is 4.79 Å². The Morgan fingerprint density at radius 1 is 1.19 bits per heavy atom. The number of carbonyl (C=O) groups excluding carboxylic acids is 1. The van der Waals surface area contributed by atoms with Gasteiger partial charge in [0.15, 0.2) is 0 Å². The molecule has 1 aromatic carbocycles. The number of benzene rings is 1. The normalized spacial score (nSPS) is 15.5. The Balaban J connectivity index is 0.000000464. The summed E-state index contributed by atoms with van der Waals surface area (Å²) in [6.07, 6.45) is 8.28. The maximum absolute atomic E-state index is 11.6. The summed E-state index contributed by atoms with van der Waals surface area (Å²) in [5.74, 6) is 1.30. The van der Waals surface area contributed by atoms with Crippen LogP contribution < -0.4 is 0 Å². The van der Waals surface area contributed by atoms with Gasteiger partial charge in [0.25, 0.3) is 0 Å². The average Bonchev–Trinajstić information content (AvgIpc) is 2.61. The highest BCUT2D eigenvalue weighted by molar-refractivity contribution is 5.89. The molecule has 0 spiro atoms. The van der Waals surface area contributed by atoms with Gasteiger partial charge >= 0.3 is 0 Å². The van der Waals surface area contributed by atoms with Crippen molar-refractivity contribution in [1.82, 2.24) is 0 Å². The van der Waals surface area contributed by atoms with Gasteiger partial charge in [-0.3, -0.25) is 4.79 Å². The van der Waals surface area contributed by atoms with Crippen LogP contribution in [0.1, 0.15) is 85.1 Å². The lowest BCUT2D eigenvalue weighted by Gasteiger charge is -2.40. The second kappa shape index (κ2) is 13.8. The molecule has 3 heteroatoms. The minimum absolute atomic E-state index is 0.242. The molecule has 26 heavy (non-hydrogen) atoms. The van der Waals surface area contributed by atoms with Gasteiger partial charge in [-0.1, -0.05) is 65.5 Å². The number of rotatable bonds is 8. The third kappa shape index (κ3) is 7.49. The summed E-state index contributed by atoms with van der Waals surface area (Å²) in [4.78, 5) is 11.6. The van der Waals surface area contributed by atoms with Crippen LogP contribution in [0.4, 0.5) is 0 Å². The molecular weight excluding hydrogens is 324 g/mol. The number of methoxy groups -OCH3 is 1. The zero-order chi connectivity index (χ0) is 20.0. The molecule has 150 valence electrons. The van der Waals surface area contributed by atoms with Crippen LogP contribution in [0.25, 0.3) is 0 Å². The lowest BCUT2D eigenvalue weighted by atomic mass is 9.62. The Labute approximate surface area is 161 Å². The number of ketones is 1. The molecule has 0 amide bonds. The van der Waals surface area contributed by atoms with E-state index in [0.29, 0.717) is 0 Å². The van der Waals surface area contributed by atoms with Crippen molar-refractivity contribution in [2.45, 2.75) is 85.0 Å². The minimum Gasteiger partial charge on any atom is -0.508 e. The first-order valence-corrected chi connectivity index (χ1v) is 10.3. The molecule has 0 aliphatic heterocycles. The number of phenols is 1. The van der Waals surface area contributed by atoms with Gasteiger partial charge in [0, 0.05) is 13.7 Å². The maximum Gasteiger partial charge on any atom is 0.140 e. The number of ether oxygens (including phenoxy) is 1. The average molecular weight is 365 g/mol. The van der Waals surface area contributed by atoms with Gasteiger partial charge in [-0.05, 0) is 49.8 Å². The van der Waals surface area contributed by atoms with Gasteiger partial charge in [-0.2, -0.15) is 0 Å². The molecule has 1 atom stereocenters. The Kier molecular flexibility index (Phi) is 13.1. The molecule has 1 N–H and O–H groups in total. The van der Waals surface area contributed by atoms with Crippen LogP contribution in [0, 0.1) is 5.92 Å². The molecule has 0 radical (unpaired) electrons. The van der Waals surface area contributed by atoms with Crippen molar-refractivity contribution in [2.24, 2.45) is 5.92 Å². The van der Waals surface area contributed by atoms with E-state index >= 15 is 0 Å². The highest BCUT2D eigenvalue weighted by atomic mass is 16.5. The molecule has 1 aliphatic rings. The smallest absolute Gasteiger partial charge is 0.140 e. The molecule has 1 aliphatic carbocycles. The third-order valence-electron chi connectivity index (χ3n) is 5.25. The number of carbonyl (C=O) groups is 1. The van der Waals surface area contributed by atoms with E-state index in [4.69, 9.17) is 9.84 Å². The monoisotopic (exact) mass is 364 g/mol. The molecule has 1 saturated carbocycles. The predicted octanol–water partition coefficient (Wildman–Crippen LogP) is 6.28. The van der Waals surface area contributed by atoms with E-state index in [1.54, 1.807) is 26.2 Å². The quantitative estimate of drug-likeness (QED) is 0.590. The van der Waals surface area contributed by atoms with Gasteiger partial charge in [-0.25, -0.2) is 0 Å². The van der Waals surface area contributed by atoms with Crippen molar-refractivity contribution in [3.05, 3.63) is 29.8 Å². The van der Waals surface area contributed by atoms with Crippen LogP contribution in [0.2, 0.25) is 0 Å². The maximum atomic E-state index is 11.6. The molecular formula is C23H40O3. The molecule has 1 fully saturated rings. The summed E-state index contributed by atoms with van der Waals surface area (Å²) < 4.78 is 5.09. The molecule has 0 aromatic heterocycles. The van der Waals surface area contributed by atoms with Crippen LogP contribution in [0.3, 0.4) is 0 Å². The van der Waals surface area contributed by atoms with E-state index < -0.39 is 0 Å². The summed E-state index contributed by atoms with van der Waals surface area (Å²) in [6.45, 7) is 11.1. The molecule has 1 aromatic rings. The van der Waals surface area contributed by atoms with Crippen LogP contribution >= 0.6 is 0 Å². The van der Waals surface area contributed by atoms with Crippen LogP contribution in [-0.2, 0) is 14.9 Å². The molecule has 0 heterocycles. The van der Waals surface area contributed by atoms with Gasteiger partial charge in [0.1, 0.15) is 11.5 Å². The number of phenolic OH excluding ortho intramolecular Hbond substituents is 1. The standard InChI is InChI=1S/C12H14O2.C9H20O.C2H6/c1-9(13)12(7-2-8-12)10-3-5-11(14)6-4-10;1-4-6-7-9(5-2)8-10-3;1-2/h3-6,14H,2,7-8H2,1H3;9H,4-8H2,1-3H3;1-2H3. The van der Waals surface area contributed by atoms with Crippen molar-refractivity contribution in [3.8, 4) is 5.75 Å². The second-order valence-corrected chi connectivity index (χ2v) is 6.91. The van der Waals surface area contributed by atoms with Crippen molar-refractivity contribution in [2.75, 3.05) is 13.7 Å². The summed E-state index contributed by atoms with van der Waals surface area (Å²) in [6, 6.07) is 7.02. The fourth-order valence-electron chi connectivity index (χ4n) is 3.29. The first-order chi connectivity index (χ1) is 12.5. The molecule has 0 bridgehead atoms. The Morgan fingerprint density at radius 2 is 1.77 bits per heavy atom. The zero-order valence-corrected chi connectivity index (χ0v) is 17.8. The van der Waals surface area contributed by atoms with E-state index in [1.165, 1.54) is 25.7 Å². The second-order valence-electron chi connectivity index (χ2n) is 6.91. The number of aromatic hydroxyl groups is 1. The fourth-order valence-corrected chi connectivity index (χ4v) is 3.29. The number of hydrogen-bond acceptors (Lipinski definition) is 3. The minimum atomic E-state index is -0.242. The number of Topliss-reactive ketones (excluding diaryl/α,β-unsaturated/α-hetero) is 1. The molecule has 0 saturated heterocycles. The van der Waals surface area contributed by atoms with Crippen molar-refractivity contribution >= 4 is 5.78 Å². The van der Waals surface area contributed by atoms with Crippen LogP contribution in [0.5, 0.6) is 5.75 Å². The van der Waals surface area contributed by atoms with Gasteiger partial charge < -0.3 is 9.84 Å². The fraction of sp³-hybridized carbons (Fsp3) is 0.696. The number of unbranched alkanes of at least 4 members (excludes halogenated alkanes) is 1. The molecule has 3 nitrogen and oxygen atoms in total. The predicted molar refractivity (Wildman–Crippen MR) is 111 cm³/mol. The molecule has 1 unspecified atom stereocenters. The highest BCUT2D eigenvalue weighted by Crippen LogP contribution is 2.44. The number of hydrogen-bond donors (Lipinski definition) is 1. The van der Waals surface area contributed by atoms with Crippen LogP contribution in [-0.4, -0.2) is 24.6 Å². The Bertz CT molecular complexity index is 475. The lowest BCUT2D eigenvalue weighted by Crippen LogP contribution is -2.40. The summed E-state index contributed by atoms with van der Waals surface area (Å²) in [5.41, 5.74) is 0.808. The van der Waals surface area contributed by atoms with Crippen molar-refractivity contribution in [1.29, 1.82) is 0 Å². The SMILES string of the molecule is CC.CC(=O)C1(c2ccc(O)cc2)CCC1.CCCCC(CC)COC. The Hall–Kier alpha value is -1.35.